The topological polar surface area (TPSA) is 73.0 Å². The number of hydrogen-bond acceptors (Lipinski definition) is 5. The van der Waals surface area contributed by atoms with Crippen LogP contribution in [0.4, 0.5) is 0 Å². The second kappa shape index (κ2) is 6.76. The molecule has 0 aliphatic carbocycles. The van der Waals surface area contributed by atoms with E-state index in [2.05, 4.69) is 52.1 Å². The predicted molar refractivity (Wildman–Crippen MR) is 101 cm³/mol. The molecular formula is C19H18N4O2S. The Hall–Kier alpha value is -2.93. The molecule has 0 aliphatic rings. The maximum Gasteiger partial charge on any atom is 0.274 e. The molecule has 0 saturated heterocycles. The fourth-order valence-corrected chi connectivity index (χ4v) is 3.67. The predicted octanol–water partition coefficient (Wildman–Crippen LogP) is 4.01. The lowest BCUT2D eigenvalue weighted by Gasteiger charge is -2.04. The minimum atomic E-state index is -0.135. The second-order valence-electron chi connectivity index (χ2n) is 5.96. The molecule has 0 fully saturated rings. The van der Waals surface area contributed by atoms with Crippen molar-refractivity contribution in [2.45, 2.75) is 26.9 Å². The van der Waals surface area contributed by atoms with E-state index in [1.165, 1.54) is 22.3 Å². The normalized spacial score (nSPS) is 11.2. The highest BCUT2D eigenvalue weighted by Crippen LogP contribution is 2.29. The molecule has 0 aliphatic heterocycles. The Balaban J connectivity index is 1.59. The number of aryl methyl sites for hydroxylation is 2. The first-order valence-corrected chi connectivity index (χ1v) is 9.29. The molecule has 0 atom stereocenters. The van der Waals surface area contributed by atoms with E-state index < -0.39 is 0 Å². The van der Waals surface area contributed by atoms with Gasteiger partial charge in [-0.3, -0.25) is 4.79 Å². The number of benzene rings is 1. The summed E-state index contributed by atoms with van der Waals surface area (Å²) < 4.78 is 7.61. The van der Waals surface area contributed by atoms with Crippen molar-refractivity contribution in [1.29, 1.82) is 0 Å². The Morgan fingerprint density at radius 1 is 1.31 bits per heavy atom. The van der Waals surface area contributed by atoms with Gasteiger partial charge < -0.3 is 14.4 Å². The number of hydrogen-bond donors (Lipinski definition) is 1. The smallest absolute Gasteiger partial charge is 0.274 e. The number of fused-ring (bicyclic) bond motifs is 1. The Morgan fingerprint density at radius 2 is 2.19 bits per heavy atom. The highest BCUT2D eigenvalue weighted by molar-refractivity contribution is 7.12. The monoisotopic (exact) mass is 366 g/mol. The van der Waals surface area contributed by atoms with Crippen LogP contribution in [-0.2, 0) is 13.1 Å². The molecule has 0 unspecified atom stereocenters. The zero-order chi connectivity index (χ0) is 18.1. The lowest BCUT2D eigenvalue weighted by Crippen LogP contribution is -2.22. The summed E-state index contributed by atoms with van der Waals surface area (Å²) in [5.41, 5.74) is 3.24. The first-order valence-electron chi connectivity index (χ1n) is 8.41. The third kappa shape index (κ3) is 2.90. The van der Waals surface area contributed by atoms with Crippen molar-refractivity contribution in [3.63, 3.8) is 0 Å². The molecule has 0 saturated carbocycles. The van der Waals surface area contributed by atoms with E-state index in [1.807, 2.05) is 17.5 Å². The van der Waals surface area contributed by atoms with Crippen molar-refractivity contribution >= 4 is 28.1 Å². The lowest BCUT2D eigenvalue weighted by molar-refractivity contribution is 0.0953. The summed E-state index contributed by atoms with van der Waals surface area (Å²) in [6.07, 6.45) is 0. The van der Waals surface area contributed by atoms with Gasteiger partial charge in [0, 0.05) is 17.4 Å². The minimum absolute atomic E-state index is 0.135. The van der Waals surface area contributed by atoms with Crippen molar-refractivity contribution in [2.24, 2.45) is 0 Å². The minimum Gasteiger partial charge on any atom is -0.344 e. The van der Waals surface area contributed by atoms with E-state index in [4.69, 9.17) is 4.52 Å². The fraction of sp³-hybridized carbons (Fsp3) is 0.211. The molecule has 0 radical (unpaired) electrons. The van der Waals surface area contributed by atoms with Crippen LogP contribution in [-0.4, -0.2) is 20.6 Å². The van der Waals surface area contributed by atoms with Gasteiger partial charge in [-0.1, -0.05) is 23.4 Å². The lowest BCUT2D eigenvalue weighted by atomic mass is 10.1. The third-order valence-electron chi connectivity index (χ3n) is 4.32. The summed E-state index contributed by atoms with van der Waals surface area (Å²) in [5.74, 6) is 0.780. The number of carbonyl (C=O) groups excluding carboxylic acids is 1. The van der Waals surface area contributed by atoms with Crippen LogP contribution in [0.25, 0.3) is 22.5 Å². The van der Waals surface area contributed by atoms with Gasteiger partial charge in [0.25, 0.3) is 11.8 Å². The quantitative estimate of drug-likeness (QED) is 0.579. The number of nitrogens with zero attached hydrogens (tertiary/aromatic N) is 3. The molecule has 7 heteroatoms. The van der Waals surface area contributed by atoms with Crippen LogP contribution in [0.5, 0.6) is 0 Å². The Kier molecular flexibility index (Phi) is 4.30. The molecule has 3 heterocycles. The Bertz CT molecular complexity index is 1060. The number of aromatic nitrogens is 3. The Morgan fingerprint density at radius 3 is 2.96 bits per heavy atom. The maximum absolute atomic E-state index is 12.0. The average molecular weight is 366 g/mol. The van der Waals surface area contributed by atoms with Gasteiger partial charge in [-0.15, -0.1) is 11.3 Å². The summed E-state index contributed by atoms with van der Waals surface area (Å²) >= 11 is 1.40. The number of rotatable bonds is 5. The van der Waals surface area contributed by atoms with E-state index in [0.717, 1.165) is 17.8 Å². The SMILES string of the molecule is CCn1c(-c2nc(CNC(=O)c3cccs3)no2)cc2c(C)cccc21. The van der Waals surface area contributed by atoms with Gasteiger partial charge in [0.05, 0.1) is 11.4 Å². The molecule has 1 amide bonds. The largest absolute Gasteiger partial charge is 0.344 e. The van der Waals surface area contributed by atoms with Crippen LogP contribution in [0.15, 0.2) is 46.3 Å². The molecule has 6 nitrogen and oxygen atoms in total. The molecule has 0 bridgehead atoms. The first kappa shape index (κ1) is 16.5. The third-order valence-corrected chi connectivity index (χ3v) is 5.19. The fourth-order valence-electron chi connectivity index (χ4n) is 3.03. The highest BCUT2D eigenvalue weighted by atomic mass is 32.1. The molecule has 1 N–H and O–H groups in total. The summed E-state index contributed by atoms with van der Waals surface area (Å²) in [6, 6.07) is 11.9. The van der Waals surface area contributed by atoms with Crippen LogP contribution < -0.4 is 5.32 Å². The summed E-state index contributed by atoms with van der Waals surface area (Å²) in [7, 11) is 0. The summed E-state index contributed by atoms with van der Waals surface area (Å²) in [5, 5.41) is 9.86. The molecule has 4 rings (SSSR count). The van der Waals surface area contributed by atoms with Crippen molar-refractivity contribution in [3.8, 4) is 11.6 Å². The summed E-state index contributed by atoms with van der Waals surface area (Å²) in [4.78, 5) is 17.1. The molecule has 3 aromatic heterocycles. The van der Waals surface area contributed by atoms with Gasteiger partial charge in [0.1, 0.15) is 5.69 Å². The Labute approximate surface area is 154 Å². The number of thiophene rings is 1. The van der Waals surface area contributed by atoms with Crippen molar-refractivity contribution < 1.29 is 9.32 Å². The molecule has 26 heavy (non-hydrogen) atoms. The van der Waals surface area contributed by atoms with Gasteiger partial charge in [-0.25, -0.2) is 0 Å². The second-order valence-corrected chi connectivity index (χ2v) is 6.90. The molecule has 1 aromatic carbocycles. The van der Waals surface area contributed by atoms with E-state index in [0.29, 0.717) is 16.6 Å². The highest BCUT2D eigenvalue weighted by Gasteiger charge is 2.17. The zero-order valence-corrected chi connectivity index (χ0v) is 15.3. The molecule has 0 spiro atoms. The number of carbonyl (C=O) groups is 1. The molecular weight excluding hydrogens is 348 g/mol. The van der Waals surface area contributed by atoms with Gasteiger partial charge in [-0.05, 0) is 43.0 Å². The van der Waals surface area contributed by atoms with Crippen molar-refractivity contribution in [1.82, 2.24) is 20.0 Å². The first-order chi connectivity index (χ1) is 12.7. The van der Waals surface area contributed by atoms with Crippen LogP contribution in [0.1, 0.15) is 28.0 Å². The standard InChI is InChI=1S/C19H18N4O2S/c1-3-23-14-7-4-6-12(2)13(14)10-15(23)19-21-17(22-25-19)11-20-18(24)16-8-5-9-26-16/h4-10H,3,11H2,1-2H3,(H,20,24). The number of amides is 1. The van der Waals surface area contributed by atoms with Gasteiger partial charge in [0.2, 0.25) is 0 Å². The van der Waals surface area contributed by atoms with Crippen LogP contribution in [0.3, 0.4) is 0 Å². The van der Waals surface area contributed by atoms with Gasteiger partial charge in [-0.2, -0.15) is 4.98 Å². The van der Waals surface area contributed by atoms with Crippen LogP contribution >= 0.6 is 11.3 Å². The molecule has 4 aromatic rings. The van der Waals surface area contributed by atoms with E-state index in [-0.39, 0.29) is 12.5 Å². The van der Waals surface area contributed by atoms with Crippen molar-refractivity contribution in [2.75, 3.05) is 0 Å². The maximum atomic E-state index is 12.0. The number of nitrogens with one attached hydrogen (secondary N) is 1. The van der Waals surface area contributed by atoms with Crippen LogP contribution in [0, 0.1) is 6.92 Å². The molecule has 132 valence electrons. The van der Waals surface area contributed by atoms with Crippen LogP contribution in [0.2, 0.25) is 0 Å². The van der Waals surface area contributed by atoms with Gasteiger partial charge in [0.15, 0.2) is 5.82 Å². The van der Waals surface area contributed by atoms with Gasteiger partial charge >= 0.3 is 0 Å². The zero-order valence-electron chi connectivity index (χ0n) is 14.5. The van der Waals surface area contributed by atoms with E-state index >= 15 is 0 Å². The van der Waals surface area contributed by atoms with E-state index in [1.54, 1.807) is 6.07 Å². The average Bonchev–Trinajstić information content (AvgIpc) is 3.38. The van der Waals surface area contributed by atoms with E-state index in [9.17, 15) is 4.79 Å². The van der Waals surface area contributed by atoms with Crippen molar-refractivity contribution in [3.05, 3.63) is 58.0 Å². The summed E-state index contributed by atoms with van der Waals surface area (Å²) in [6.45, 7) is 5.20.